The lowest BCUT2D eigenvalue weighted by Gasteiger charge is -2.11. The van der Waals surface area contributed by atoms with Gasteiger partial charge in [0.2, 0.25) is 0 Å². The summed E-state index contributed by atoms with van der Waals surface area (Å²) >= 11 is 0. The van der Waals surface area contributed by atoms with Gasteiger partial charge in [-0.1, -0.05) is 18.2 Å². The Morgan fingerprint density at radius 3 is 3.06 bits per heavy atom. The van der Waals surface area contributed by atoms with E-state index in [0.29, 0.717) is 6.61 Å². The Morgan fingerprint density at radius 1 is 1.28 bits per heavy atom. The number of ether oxygens (including phenoxy) is 1. The minimum Gasteiger partial charge on any atom is -0.489 e. The average Bonchev–Trinajstić information content (AvgIpc) is 2.80. The van der Waals surface area contributed by atoms with Gasteiger partial charge in [0.1, 0.15) is 12.4 Å². The molecule has 2 N–H and O–H groups in total. The molecular formula is C15H16N2O. The smallest absolute Gasteiger partial charge is 0.123 e. The Hall–Kier alpha value is -1.87. The molecule has 3 rings (SSSR count). The van der Waals surface area contributed by atoms with Gasteiger partial charge in [-0.05, 0) is 36.1 Å². The molecule has 1 unspecified atom stereocenters. The molecule has 1 aromatic heterocycles. The lowest BCUT2D eigenvalue weighted by Crippen LogP contribution is -2.05. The number of aromatic nitrogens is 1. The van der Waals surface area contributed by atoms with Gasteiger partial charge in [-0.15, -0.1) is 0 Å². The summed E-state index contributed by atoms with van der Waals surface area (Å²) in [5, 5.41) is 0. The lowest BCUT2D eigenvalue weighted by molar-refractivity contribution is 0.303. The number of rotatable bonds is 3. The Bertz CT molecular complexity index is 539. The van der Waals surface area contributed by atoms with Crippen LogP contribution < -0.4 is 10.5 Å². The van der Waals surface area contributed by atoms with Crippen molar-refractivity contribution in [3.05, 3.63) is 59.4 Å². The van der Waals surface area contributed by atoms with Gasteiger partial charge in [-0.3, -0.25) is 4.98 Å². The molecule has 1 aromatic carbocycles. The molecule has 0 spiro atoms. The highest BCUT2D eigenvalue weighted by molar-refractivity contribution is 5.45. The number of hydrogen-bond acceptors (Lipinski definition) is 3. The molecule has 0 radical (unpaired) electrons. The molecule has 3 nitrogen and oxygen atoms in total. The van der Waals surface area contributed by atoms with E-state index in [1.807, 2.05) is 30.5 Å². The maximum Gasteiger partial charge on any atom is 0.123 e. The molecule has 0 saturated heterocycles. The van der Waals surface area contributed by atoms with E-state index in [-0.39, 0.29) is 6.04 Å². The zero-order valence-electron chi connectivity index (χ0n) is 10.2. The van der Waals surface area contributed by atoms with Crippen molar-refractivity contribution in [2.45, 2.75) is 25.5 Å². The van der Waals surface area contributed by atoms with Crippen LogP contribution in [0.15, 0.2) is 42.7 Å². The second-order valence-electron chi connectivity index (χ2n) is 4.62. The first kappa shape index (κ1) is 11.2. The average molecular weight is 240 g/mol. The van der Waals surface area contributed by atoms with Crippen LogP contribution in [-0.2, 0) is 13.0 Å². The molecule has 0 saturated carbocycles. The summed E-state index contributed by atoms with van der Waals surface area (Å²) in [6.07, 6.45) is 5.62. The topological polar surface area (TPSA) is 48.1 Å². The highest BCUT2D eigenvalue weighted by Gasteiger charge is 2.21. The van der Waals surface area contributed by atoms with Crippen LogP contribution in [0.3, 0.4) is 0 Å². The minimum absolute atomic E-state index is 0.168. The highest BCUT2D eigenvalue weighted by Crippen LogP contribution is 2.35. The van der Waals surface area contributed by atoms with E-state index in [2.05, 4.69) is 11.1 Å². The van der Waals surface area contributed by atoms with Crippen molar-refractivity contribution in [2.24, 2.45) is 5.73 Å². The Balaban J connectivity index is 1.78. The van der Waals surface area contributed by atoms with Crippen molar-refractivity contribution in [1.29, 1.82) is 0 Å². The maximum absolute atomic E-state index is 6.06. The van der Waals surface area contributed by atoms with Crippen LogP contribution >= 0.6 is 0 Å². The van der Waals surface area contributed by atoms with E-state index in [1.54, 1.807) is 6.20 Å². The quantitative estimate of drug-likeness (QED) is 0.897. The SMILES string of the molecule is NC1CCc2c(OCc3cccnc3)cccc21. The minimum atomic E-state index is 0.168. The second-order valence-corrected chi connectivity index (χ2v) is 4.62. The van der Waals surface area contributed by atoms with Gasteiger partial charge < -0.3 is 10.5 Å². The normalized spacial score (nSPS) is 17.5. The van der Waals surface area contributed by atoms with Gasteiger partial charge in [-0.2, -0.15) is 0 Å². The molecule has 92 valence electrons. The van der Waals surface area contributed by atoms with Gasteiger partial charge in [0.15, 0.2) is 0 Å². The zero-order valence-corrected chi connectivity index (χ0v) is 10.2. The van der Waals surface area contributed by atoms with Crippen molar-refractivity contribution in [1.82, 2.24) is 4.98 Å². The van der Waals surface area contributed by atoms with E-state index in [4.69, 9.17) is 10.5 Å². The highest BCUT2D eigenvalue weighted by atomic mass is 16.5. The third-order valence-corrected chi connectivity index (χ3v) is 3.39. The van der Waals surface area contributed by atoms with Gasteiger partial charge in [-0.25, -0.2) is 0 Å². The summed E-state index contributed by atoms with van der Waals surface area (Å²) in [7, 11) is 0. The van der Waals surface area contributed by atoms with Crippen LogP contribution in [0.2, 0.25) is 0 Å². The molecule has 0 aliphatic heterocycles. The van der Waals surface area contributed by atoms with Crippen molar-refractivity contribution in [3.8, 4) is 5.75 Å². The van der Waals surface area contributed by atoms with Crippen LogP contribution in [0.25, 0.3) is 0 Å². The van der Waals surface area contributed by atoms with E-state index in [0.717, 1.165) is 24.2 Å². The van der Waals surface area contributed by atoms with Crippen LogP contribution in [-0.4, -0.2) is 4.98 Å². The Morgan fingerprint density at radius 2 is 2.22 bits per heavy atom. The number of fused-ring (bicyclic) bond motifs is 1. The molecule has 1 heterocycles. The molecule has 2 aromatic rings. The summed E-state index contributed by atoms with van der Waals surface area (Å²) in [5.41, 5.74) is 9.64. The van der Waals surface area contributed by atoms with Gasteiger partial charge >= 0.3 is 0 Å². The fourth-order valence-electron chi connectivity index (χ4n) is 2.43. The number of nitrogens with two attached hydrogens (primary N) is 1. The third kappa shape index (κ3) is 2.09. The Kier molecular flexibility index (Phi) is 2.99. The predicted molar refractivity (Wildman–Crippen MR) is 70.3 cm³/mol. The standard InChI is InChI=1S/C15H16N2O/c16-14-7-6-13-12(14)4-1-5-15(13)18-10-11-3-2-8-17-9-11/h1-5,8-9,14H,6-7,10,16H2. The van der Waals surface area contributed by atoms with Crippen molar-refractivity contribution in [3.63, 3.8) is 0 Å². The molecule has 1 atom stereocenters. The lowest BCUT2D eigenvalue weighted by atomic mass is 10.1. The Labute approximate surface area is 107 Å². The van der Waals surface area contributed by atoms with E-state index in [9.17, 15) is 0 Å². The van der Waals surface area contributed by atoms with Crippen molar-refractivity contribution < 1.29 is 4.74 Å². The second kappa shape index (κ2) is 4.78. The van der Waals surface area contributed by atoms with Crippen molar-refractivity contribution >= 4 is 0 Å². The first-order valence-corrected chi connectivity index (χ1v) is 6.23. The summed E-state index contributed by atoms with van der Waals surface area (Å²) in [5.74, 6) is 0.962. The third-order valence-electron chi connectivity index (χ3n) is 3.39. The van der Waals surface area contributed by atoms with Crippen LogP contribution in [0, 0.1) is 0 Å². The molecule has 0 bridgehead atoms. The fraction of sp³-hybridized carbons (Fsp3) is 0.267. The van der Waals surface area contributed by atoms with Gasteiger partial charge in [0, 0.05) is 24.0 Å². The first-order chi connectivity index (χ1) is 8.84. The van der Waals surface area contributed by atoms with E-state index < -0.39 is 0 Å². The van der Waals surface area contributed by atoms with E-state index >= 15 is 0 Å². The molecule has 18 heavy (non-hydrogen) atoms. The molecule has 0 amide bonds. The molecule has 1 aliphatic carbocycles. The summed E-state index contributed by atoms with van der Waals surface area (Å²) < 4.78 is 5.89. The van der Waals surface area contributed by atoms with Gasteiger partial charge in [0.25, 0.3) is 0 Å². The number of benzene rings is 1. The zero-order chi connectivity index (χ0) is 12.4. The number of nitrogens with zero attached hydrogens (tertiary/aromatic N) is 1. The maximum atomic E-state index is 6.06. The number of pyridine rings is 1. The van der Waals surface area contributed by atoms with Crippen LogP contribution in [0.4, 0.5) is 0 Å². The van der Waals surface area contributed by atoms with Crippen LogP contribution in [0.1, 0.15) is 29.2 Å². The predicted octanol–water partition coefficient (Wildman–Crippen LogP) is 2.61. The summed E-state index contributed by atoms with van der Waals surface area (Å²) in [6, 6.07) is 10.2. The molecule has 3 heteroatoms. The summed E-state index contributed by atoms with van der Waals surface area (Å²) in [4.78, 5) is 4.08. The monoisotopic (exact) mass is 240 g/mol. The largest absolute Gasteiger partial charge is 0.489 e. The fourth-order valence-corrected chi connectivity index (χ4v) is 2.43. The summed E-state index contributed by atoms with van der Waals surface area (Å²) in [6.45, 7) is 0.555. The molecule has 1 aliphatic rings. The van der Waals surface area contributed by atoms with Gasteiger partial charge in [0.05, 0.1) is 0 Å². The first-order valence-electron chi connectivity index (χ1n) is 6.23. The van der Waals surface area contributed by atoms with E-state index in [1.165, 1.54) is 11.1 Å². The molecular weight excluding hydrogens is 224 g/mol. The van der Waals surface area contributed by atoms with Crippen LogP contribution in [0.5, 0.6) is 5.75 Å². The molecule has 0 fully saturated rings. The number of hydrogen-bond donors (Lipinski definition) is 1. The van der Waals surface area contributed by atoms with Crippen molar-refractivity contribution in [2.75, 3.05) is 0 Å².